The lowest BCUT2D eigenvalue weighted by atomic mass is 9.75. The zero-order chi connectivity index (χ0) is 18.9. The van der Waals surface area contributed by atoms with E-state index < -0.39 is 18.3 Å². The van der Waals surface area contributed by atoms with Gasteiger partial charge in [-0.1, -0.05) is 11.2 Å². The maximum atomic E-state index is 8.96. The Bertz CT molecular complexity index is 709. The van der Waals surface area contributed by atoms with Crippen molar-refractivity contribution < 1.29 is 9.31 Å². The molecule has 2 fully saturated rings. The monoisotopic (exact) mass is 357 g/mol. The maximum absolute atomic E-state index is 8.96. The van der Waals surface area contributed by atoms with Crippen molar-refractivity contribution in [2.45, 2.75) is 52.4 Å². The Morgan fingerprint density at radius 2 is 1.81 bits per heavy atom. The molecule has 0 amide bonds. The van der Waals surface area contributed by atoms with Crippen molar-refractivity contribution in [3.63, 3.8) is 0 Å². The molecule has 0 unspecified atom stereocenters. The SMILES string of the molecule is Cc1c(N=[N+]=[N-])cc(CN2CCNCC2)cc1B1OC(C)(C)C(C)(C)O1. The Kier molecular flexibility index (Phi) is 5.33. The quantitative estimate of drug-likeness (QED) is 0.389. The molecule has 1 aromatic rings. The smallest absolute Gasteiger partial charge is 0.399 e. The Morgan fingerprint density at radius 1 is 1.19 bits per heavy atom. The summed E-state index contributed by atoms with van der Waals surface area (Å²) < 4.78 is 12.5. The summed E-state index contributed by atoms with van der Waals surface area (Å²) in [5.74, 6) is 0. The third-order valence-electron chi connectivity index (χ3n) is 5.76. The van der Waals surface area contributed by atoms with Crippen molar-refractivity contribution in [1.82, 2.24) is 10.2 Å². The van der Waals surface area contributed by atoms with Crippen LogP contribution in [0.5, 0.6) is 0 Å². The van der Waals surface area contributed by atoms with Crippen LogP contribution in [-0.4, -0.2) is 49.4 Å². The summed E-state index contributed by atoms with van der Waals surface area (Å²) in [7, 11) is -0.462. The molecule has 26 heavy (non-hydrogen) atoms. The van der Waals surface area contributed by atoms with Gasteiger partial charge in [-0.25, -0.2) is 0 Å². The molecule has 0 aliphatic carbocycles. The molecule has 2 saturated heterocycles. The van der Waals surface area contributed by atoms with Gasteiger partial charge in [0.25, 0.3) is 0 Å². The molecule has 0 radical (unpaired) electrons. The van der Waals surface area contributed by atoms with Crippen LogP contribution in [0.15, 0.2) is 17.2 Å². The summed E-state index contributed by atoms with van der Waals surface area (Å²) in [5, 5.41) is 7.27. The Labute approximate surface area is 155 Å². The van der Waals surface area contributed by atoms with Gasteiger partial charge in [0.05, 0.1) is 11.2 Å². The van der Waals surface area contributed by atoms with E-state index in [1.807, 2.05) is 40.7 Å². The van der Waals surface area contributed by atoms with Gasteiger partial charge in [0.2, 0.25) is 0 Å². The van der Waals surface area contributed by atoms with Crippen LogP contribution in [0, 0.1) is 6.92 Å². The number of benzene rings is 1. The molecule has 2 heterocycles. The topological polar surface area (TPSA) is 82.5 Å². The van der Waals surface area contributed by atoms with Crippen LogP contribution >= 0.6 is 0 Å². The lowest BCUT2D eigenvalue weighted by molar-refractivity contribution is 0.00578. The van der Waals surface area contributed by atoms with Gasteiger partial charge in [0, 0.05) is 43.3 Å². The molecule has 3 rings (SSSR count). The van der Waals surface area contributed by atoms with Crippen molar-refractivity contribution in [2.24, 2.45) is 5.11 Å². The standard InChI is InChI=1S/C18H28BN5O2/c1-13-15(19-25-17(2,3)18(4,5)26-19)10-14(11-16(13)22-23-20)12-24-8-6-21-7-9-24/h10-11,21H,6-9,12H2,1-5H3. The van der Waals surface area contributed by atoms with Gasteiger partial charge < -0.3 is 14.6 Å². The summed E-state index contributed by atoms with van der Waals surface area (Å²) >= 11 is 0. The molecular weight excluding hydrogens is 329 g/mol. The van der Waals surface area contributed by atoms with Gasteiger partial charge in [-0.15, -0.1) is 0 Å². The predicted molar refractivity (Wildman–Crippen MR) is 104 cm³/mol. The first-order valence-corrected chi connectivity index (χ1v) is 9.21. The molecule has 0 aromatic heterocycles. The fourth-order valence-electron chi connectivity index (χ4n) is 3.37. The van der Waals surface area contributed by atoms with E-state index in [4.69, 9.17) is 14.8 Å². The molecule has 0 bridgehead atoms. The highest BCUT2D eigenvalue weighted by Crippen LogP contribution is 2.37. The zero-order valence-electron chi connectivity index (χ0n) is 16.4. The highest BCUT2D eigenvalue weighted by atomic mass is 16.7. The summed E-state index contributed by atoms with van der Waals surface area (Å²) in [4.78, 5) is 5.40. The normalized spacial score (nSPS) is 22.3. The van der Waals surface area contributed by atoms with E-state index in [0.717, 1.165) is 49.3 Å². The molecule has 0 spiro atoms. The summed E-state index contributed by atoms with van der Waals surface area (Å²) in [5.41, 5.74) is 11.8. The van der Waals surface area contributed by atoms with E-state index in [-0.39, 0.29) is 0 Å². The molecule has 7 nitrogen and oxygen atoms in total. The van der Waals surface area contributed by atoms with E-state index in [9.17, 15) is 0 Å². The fourth-order valence-corrected chi connectivity index (χ4v) is 3.37. The fraction of sp³-hybridized carbons (Fsp3) is 0.667. The average molecular weight is 357 g/mol. The second kappa shape index (κ2) is 7.21. The number of azide groups is 1. The van der Waals surface area contributed by atoms with Crippen molar-refractivity contribution in [2.75, 3.05) is 26.2 Å². The maximum Gasteiger partial charge on any atom is 0.495 e. The van der Waals surface area contributed by atoms with Crippen molar-refractivity contribution >= 4 is 18.3 Å². The molecule has 1 aromatic carbocycles. The molecule has 8 heteroatoms. The number of nitrogens with zero attached hydrogens (tertiary/aromatic N) is 4. The van der Waals surface area contributed by atoms with Gasteiger partial charge in [0.1, 0.15) is 0 Å². The first-order chi connectivity index (χ1) is 12.2. The summed E-state index contributed by atoms with van der Waals surface area (Å²) in [6.07, 6.45) is 0. The first kappa shape index (κ1) is 19.2. The van der Waals surface area contributed by atoms with E-state index in [1.54, 1.807) is 0 Å². The number of hydrogen-bond donors (Lipinski definition) is 1. The van der Waals surface area contributed by atoms with Crippen LogP contribution in [0.3, 0.4) is 0 Å². The molecule has 0 saturated carbocycles. The molecule has 1 N–H and O–H groups in total. The van der Waals surface area contributed by atoms with E-state index in [1.165, 1.54) is 0 Å². The minimum atomic E-state index is -0.462. The highest BCUT2D eigenvalue weighted by Gasteiger charge is 2.52. The Balaban J connectivity index is 1.94. The van der Waals surface area contributed by atoms with Crippen LogP contribution in [0.4, 0.5) is 5.69 Å². The van der Waals surface area contributed by atoms with E-state index in [0.29, 0.717) is 5.69 Å². The highest BCUT2D eigenvalue weighted by molar-refractivity contribution is 6.62. The van der Waals surface area contributed by atoms with Gasteiger partial charge in [-0.2, -0.15) is 0 Å². The lowest BCUT2D eigenvalue weighted by Gasteiger charge is -2.32. The molecule has 140 valence electrons. The second-order valence-electron chi connectivity index (χ2n) is 8.13. The predicted octanol–water partition coefficient (Wildman–Crippen LogP) is 2.64. The van der Waals surface area contributed by atoms with E-state index >= 15 is 0 Å². The van der Waals surface area contributed by atoms with Gasteiger partial charge in [-0.3, -0.25) is 4.90 Å². The van der Waals surface area contributed by atoms with Gasteiger partial charge in [0.15, 0.2) is 0 Å². The van der Waals surface area contributed by atoms with Crippen LogP contribution < -0.4 is 10.8 Å². The third kappa shape index (κ3) is 3.75. The van der Waals surface area contributed by atoms with Gasteiger partial charge >= 0.3 is 7.12 Å². The Hall–Kier alpha value is -1.57. The molecule has 2 aliphatic heterocycles. The van der Waals surface area contributed by atoms with Crippen LogP contribution in [0.25, 0.3) is 10.4 Å². The summed E-state index contributed by atoms with van der Waals surface area (Å²) in [6, 6.07) is 4.11. The van der Waals surface area contributed by atoms with Crippen LogP contribution in [-0.2, 0) is 15.9 Å². The van der Waals surface area contributed by atoms with Crippen LogP contribution in [0.1, 0.15) is 38.8 Å². The minimum Gasteiger partial charge on any atom is -0.399 e. The number of nitrogens with one attached hydrogen (secondary N) is 1. The molecular formula is C18H28BN5O2. The van der Waals surface area contributed by atoms with Gasteiger partial charge in [-0.05, 0) is 62.8 Å². The minimum absolute atomic E-state index is 0.405. The van der Waals surface area contributed by atoms with E-state index in [2.05, 4.69) is 26.3 Å². The van der Waals surface area contributed by atoms with Crippen LogP contribution in [0.2, 0.25) is 0 Å². The third-order valence-corrected chi connectivity index (χ3v) is 5.76. The molecule has 2 aliphatic rings. The van der Waals surface area contributed by atoms with Crippen molar-refractivity contribution in [1.29, 1.82) is 0 Å². The number of piperazine rings is 1. The Morgan fingerprint density at radius 3 is 2.38 bits per heavy atom. The lowest BCUT2D eigenvalue weighted by Crippen LogP contribution is -2.43. The molecule has 0 atom stereocenters. The summed E-state index contributed by atoms with van der Waals surface area (Å²) in [6.45, 7) is 15.0. The second-order valence-corrected chi connectivity index (χ2v) is 8.13. The average Bonchev–Trinajstić information content (AvgIpc) is 2.79. The van der Waals surface area contributed by atoms with Crippen molar-refractivity contribution in [3.05, 3.63) is 33.7 Å². The number of hydrogen-bond acceptors (Lipinski definition) is 5. The number of rotatable bonds is 4. The first-order valence-electron chi connectivity index (χ1n) is 9.21. The largest absolute Gasteiger partial charge is 0.495 e. The van der Waals surface area contributed by atoms with Crippen molar-refractivity contribution in [3.8, 4) is 0 Å². The zero-order valence-corrected chi connectivity index (χ0v) is 16.4.